The van der Waals surface area contributed by atoms with Gasteiger partial charge in [-0.2, -0.15) is 4.31 Å². The highest BCUT2D eigenvalue weighted by Crippen LogP contribution is 2.19. The molecule has 108 valence electrons. The summed E-state index contributed by atoms with van der Waals surface area (Å²) in [4.78, 5) is 0.377. The molecule has 1 atom stereocenters. The van der Waals surface area contributed by atoms with Crippen molar-refractivity contribution in [2.75, 3.05) is 13.1 Å². The lowest BCUT2D eigenvalue weighted by molar-refractivity contribution is 0.361. The Labute approximate surface area is 125 Å². The fourth-order valence-corrected chi connectivity index (χ4v) is 3.72. The van der Waals surface area contributed by atoms with Crippen LogP contribution in [0.3, 0.4) is 0 Å². The smallest absolute Gasteiger partial charge is 0.207 e. The molecular formula is C14H22BrNO2S. The van der Waals surface area contributed by atoms with Crippen molar-refractivity contribution in [3.8, 4) is 0 Å². The van der Waals surface area contributed by atoms with Gasteiger partial charge in [0, 0.05) is 18.4 Å². The number of rotatable bonds is 7. The lowest BCUT2D eigenvalue weighted by Crippen LogP contribution is -2.34. The molecule has 5 heteroatoms. The molecule has 0 heterocycles. The molecule has 1 rings (SSSR count). The van der Waals surface area contributed by atoms with E-state index in [2.05, 4.69) is 29.8 Å². The highest BCUT2D eigenvalue weighted by atomic mass is 79.9. The Kier molecular flexibility index (Phi) is 6.50. The highest BCUT2D eigenvalue weighted by molar-refractivity contribution is 9.08. The number of halogens is 1. The van der Waals surface area contributed by atoms with Crippen molar-refractivity contribution in [1.82, 2.24) is 4.31 Å². The van der Waals surface area contributed by atoms with Gasteiger partial charge in [-0.25, -0.2) is 8.42 Å². The maximum absolute atomic E-state index is 12.5. The second-order valence-electron chi connectivity index (χ2n) is 4.75. The van der Waals surface area contributed by atoms with Gasteiger partial charge in [-0.15, -0.1) is 0 Å². The van der Waals surface area contributed by atoms with Crippen LogP contribution in [-0.4, -0.2) is 25.8 Å². The average molecular weight is 348 g/mol. The Morgan fingerprint density at radius 1 is 1.21 bits per heavy atom. The van der Waals surface area contributed by atoms with Crippen LogP contribution in [0.15, 0.2) is 29.2 Å². The maximum Gasteiger partial charge on any atom is 0.243 e. The van der Waals surface area contributed by atoms with Crippen LogP contribution in [0.1, 0.15) is 32.8 Å². The van der Waals surface area contributed by atoms with Gasteiger partial charge in [0.1, 0.15) is 0 Å². The van der Waals surface area contributed by atoms with Gasteiger partial charge in [0.15, 0.2) is 0 Å². The molecule has 0 aliphatic heterocycles. The molecule has 0 saturated heterocycles. The molecule has 1 unspecified atom stereocenters. The first-order valence-electron chi connectivity index (χ1n) is 6.60. The minimum atomic E-state index is -3.36. The monoisotopic (exact) mass is 347 g/mol. The van der Waals surface area contributed by atoms with Gasteiger partial charge in [-0.3, -0.25) is 0 Å². The Morgan fingerprint density at radius 2 is 1.79 bits per heavy atom. The lowest BCUT2D eigenvalue weighted by atomic mass is 10.1. The predicted octanol–water partition coefficient (Wildman–Crippen LogP) is 3.64. The van der Waals surface area contributed by atoms with Crippen molar-refractivity contribution in [2.45, 2.75) is 37.4 Å². The molecule has 0 bridgehead atoms. The van der Waals surface area contributed by atoms with Crippen LogP contribution >= 0.6 is 15.9 Å². The van der Waals surface area contributed by atoms with Crippen LogP contribution in [0.25, 0.3) is 0 Å². The molecule has 1 aromatic rings. The third-order valence-electron chi connectivity index (χ3n) is 3.28. The van der Waals surface area contributed by atoms with Crippen LogP contribution in [-0.2, 0) is 15.4 Å². The summed E-state index contributed by atoms with van der Waals surface area (Å²) in [5, 5.41) is 0.734. The molecule has 0 radical (unpaired) electrons. The van der Waals surface area contributed by atoms with E-state index in [-0.39, 0.29) is 0 Å². The molecule has 19 heavy (non-hydrogen) atoms. The highest BCUT2D eigenvalue weighted by Gasteiger charge is 2.23. The fraction of sp³-hybridized carbons (Fsp3) is 0.571. The van der Waals surface area contributed by atoms with Crippen LogP contribution < -0.4 is 0 Å². The van der Waals surface area contributed by atoms with Crippen LogP contribution in [0.2, 0.25) is 0 Å². The fourth-order valence-electron chi connectivity index (χ4n) is 1.77. The van der Waals surface area contributed by atoms with Gasteiger partial charge in [-0.1, -0.05) is 55.3 Å². The van der Waals surface area contributed by atoms with Crippen LogP contribution in [0.5, 0.6) is 0 Å². The number of hydrogen-bond donors (Lipinski definition) is 0. The molecule has 1 aromatic carbocycles. The number of hydrogen-bond acceptors (Lipinski definition) is 2. The van der Waals surface area contributed by atoms with E-state index in [4.69, 9.17) is 0 Å². The van der Waals surface area contributed by atoms with Crippen molar-refractivity contribution in [2.24, 2.45) is 5.92 Å². The summed E-state index contributed by atoms with van der Waals surface area (Å²) in [5.41, 5.74) is 1.07. The van der Waals surface area contributed by atoms with E-state index in [9.17, 15) is 8.42 Å². The lowest BCUT2D eigenvalue weighted by Gasteiger charge is -2.23. The quantitative estimate of drug-likeness (QED) is 0.706. The standard InChI is InChI=1S/C14H22BrNO2S/c1-4-12(3)11-16(5-2)19(17,18)14-8-6-13(10-15)7-9-14/h6-9,12H,4-5,10-11H2,1-3H3. The summed E-state index contributed by atoms with van der Waals surface area (Å²) in [6.45, 7) is 7.12. The Morgan fingerprint density at radius 3 is 2.21 bits per heavy atom. The summed E-state index contributed by atoms with van der Waals surface area (Å²) in [6, 6.07) is 7.06. The third kappa shape index (κ3) is 4.29. The summed E-state index contributed by atoms with van der Waals surface area (Å²) in [5.74, 6) is 0.372. The summed E-state index contributed by atoms with van der Waals surface area (Å²) < 4.78 is 26.6. The number of benzene rings is 1. The summed E-state index contributed by atoms with van der Waals surface area (Å²) in [7, 11) is -3.36. The molecule has 0 aliphatic rings. The summed E-state index contributed by atoms with van der Waals surface area (Å²) >= 11 is 3.36. The van der Waals surface area contributed by atoms with Crippen molar-refractivity contribution in [1.29, 1.82) is 0 Å². The molecule has 0 amide bonds. The van der Waals surface area contributed by atoms with Gasteiger partial charge >= 0.3 is 0 Å². The largest absolute Gasteiger partial charge is 0.243 e. The minimum Gasteiger partial charge on any atom is -0.207 e. The van der Waals surface area contributed by atoms with Gasteiger partial charge in [0.25, 0.3) is 0 Å². The molecule has 0 aliphatic carbocycles. The average Bonchev–Trinajstić information content (AvgIpc) is 2.44. The summed E-state index contributed by atoms with van der Waals surface area (Å²) in [6.07, 6.45) is 0.981. The minimum absolute atomic E-state index is 0.372. The number of sulfonamides is 1. The Bertz CT molecular complexity index is 485. The van der Waals surface area contributed by atoms with Crippen molar-refractivity contribution in [3.63, 3.8) is 0 Å². The maximum atomic E-state index is 12.5. The first-order chi connectivity index (χ1) is 8.95. The zero-order chi connectivity index (χ0) is 14.5. The van der Waals surface area contributed by atoms with Crippen molar-refractivity contribution >= 4 is 26.0 Å². The first-order valence-corrected chi connectivity index (χ1v) is 9.16. The molecule has 0 aromatic heterocycles. The topological polar surface area (TPSA) is 37.4 Å². The van der Waals surface area contributed by atoms with Gasteiger partial charge in [0.2, 0.25) is 10.0 Å². The van der Waals surface area contributed by atoms with E-state index in [1.807, 2.05) is 19.1 Å². The zero-order valence-corrected chi connectivity index (χ0v) is 14.2. The van der Waals surface area contributed by atoms with Gasteiger partial charge < -0.3 is 0 Å². The van der Waals surface area contributed by atoms with Gasteiger partial charge in [-0.05, 0) is 23.6 Å². The second kappa shape index (κ2) is 7.41. The van der Waals surface area contributed by atoms with Crippen LogP contribution in [0.4, 0.5) is 0 Å². The van der Waals surface area contributed by atoms with E-state index >= 15 is 0 Å². The predicted molar refractivity (Wildman–Crippen MR) is 83.0 cm³/mol. The van der Waals surface area contributed by atoms with E-state index < -0.39 is 10.0 Å². The van der Waals surface area contributed by atoms with E-state index in [1.165, 1.54) is 0 Å². The third-order valence-corrected chi connectivity index (χ3v) is 5.88. The first kappa shape index (κ1) is 16.7. The van der Waals surface area contributed by atoms with Crippen molar-refractivity contribution in [3.05, 3.63) is 29.8 Å². The SMILES string of the molecule is CCC(C)CN(CC)S(=O)(=O)c1ccc(CBr)cc1. The van der Waals surface area contributed by atoms with E-state index in [1.54, 1.807) is 16.4 Å². The van der Waals surface area contributed by atoms with Crippen molar-refractivity contribution < 1.29 is 8.42 Å². The molecule has 0 spiro atoms. The Hall–Kier alpha value is -0.390. The van der Waals surface area contributed by atoms with Gasteiger partial charge in [0.05, 0.1) is 4.90 Å². The zero-order valence-electron chi connectivity index (χ0n) is 11.8. The molecule has 0 saturated carbocycles. The molecule has 0 N–H and O–H groups in total. The van der Waals surface area contributed by atoms with Crippen LogP contribution in [0, 0.1) is 5.92 Å². The molecule has 3 nitrogen and oxygen atoms in total. The number of alkyl halides is 1. The van der Waals surface area contributed by atoms with E-state index in [0.29, 0.717) is 23.9 Å². The molecular weight excluding hydrogens is 326 g/mol. The van der Waals surface area contributed by atoms with E-state index in [0.717, 1.165) is 17.3 Å². The molecule has 0 fully saturated rings. The number of nitrogens with zero attached hydrogens (tertiary/aromatic N) is 1. The Balaban J connectivity index is 2.99. The second-order valence-corrected chi connectivity index (χ2v) is 7.25. The normalized spacial score (nSPS) is 13.7.